The summed E-state index contributed by atoms with van der Waals surface area (Å²) >= 11 is 1.46. The minimum atomic E-state index is -0.550. The van der Waals surface area contributed by atoms with Gasteiger partial charge in [0, 0.05) is 4.70 Å². The first-order valence-electron chi connectivity index (χ1n) is 5.63. The monoisotopic (exact) mass is 264 g/mol. The zero-order valence-electron chi connectivity index (χ0n) is 10.6. The van der Waals surface area contributed by atoms with Gasteiger partial charge in [0.15, 0.2) is 0 Å². The third-order valence-corrected chi connectivity index (χ3v) is 3.36. The van der Waals surface area contributed by atoms with Gasteiger partial charge in [0.2, 0.25) is 0 Å². The maximum Gasteiger partial charge on any atom is 0.430 e. The van der Waals surface area contributed by atoms with Gasteiger partial charge >= 0.3 is 6.09 Å². The Labute approximate surface area is 110 Å². The number of hydrogen-bond donors (Lipinski definition) is 1. The molecular formula is C13H16N2O2S. The first-order valence-corrected chi connectivity index (χ1v) is 6.45. The zero-order chi connectivity index (χ0) is 13.3. The van der Waals surface area contributed by atoms with E-state index in [0.717, 1.165) is 15.1 Å². The van der Waals surface area contributed by atoms with Crippen molar-refractivity contribution in [2.45, 2.75) is 26.4 Å². The topological polar surface area (TPSA) is 55.6 Å². The van der Waals surface area contributed by atoms with E-state index in [2.05, 4.69) is 0 Å². The van der Waals surface area contributed by atoms with Crippen molar-refractivity contribution < 1.29 is 9.53 Å². The van der Waals surface area contributed by atoms with Crippen LogP contribution < -0.4 is 10.9 Å². The molecule has 0 bridgehead atoms. The van der Waals surface area contributed by atoms with Crippen LogP contribution in [0, 0.1) is 0 Å². The van der Waals surface area contributed by atoms with Crippen molar-refractivity contribution in [3.8, 4) is 0 Å². The summed E-state index contributed by atoms with van der Waals surface area (Å²) < 4.78 is 6.31. The molecule has 0 saturated carbocycles. The lowest BCUT2D eigenvalue weighted by Gasteiger charge is -2.23. The number of ether oxygens (including phenoxy) is 1. The predicted molar refractivity (Wildman–Crippen MR) is 74.7 cm³/mol. The number of amides is 1. The number of nitrogens with two attached hydrogens (primary N) is 1. The van der Waals surface area contributed by atoms with Crippen LogP contribution in [-0.2, 0) is 4.74 Å². The normalized spacial score (nSPS) is 11.6. The summed E-state index contributed by atoms with van der Waals surface area (Å²) in [6.45, 7) is 5.43. The van der Waals surface area contributed by atoms with Crippen molar-refractivity contribution in [2.24, 2.45) is 5.84 Å². The Bertz CT molecular complexity index is 539. The van der Waals surface area contributed by atoms with Gasteiger partial charge in [0.1, 0.15) is 10.6 Å². The van der Waals surface area contributed by atoms with E-state index in [1.165, 1.54) is 11.3 Å². The number of anilines is 1. The third-order valence-electron chi connectivity index (χ3n) is 2.24. The van der Waals surface area contributed by atoms with Crippen molar-refractivity contribution >= 4 is 32.5 Å². The van der Waals surface area contributed by atoms with E-state index >= 15 is 0 Å². The molecule has 0 atom stereocenters. The fourth-order valence-corrected chi connectivity index (χ4v) is 2.46. The SMILES string of the molecule is CC(C)(C)OC(=O)N(N)c1cc2ccccc2s1. The van der Waals surface area contributed by atoms with Crippen LogP contribution >= 0.6 is 11.3 Å². The summed E-state index contributed by atoms with van der Waals surface area (Å²) in [6, 6.07) is 9.76. The molecule has 4 nitrogen and oxygen atoms in total. The van der Waals surface area contributed by atoms with Crippen LogP contribution in [0.3, 0.4) is 0 Å². The Morgan fingerprint density at radius 3 is 2.61 bits per heavy atom. The first kappa shape index (κ1) is 12.9. The van der Waals surface area contributed by atoms with E-state index in [1.54, 1.807) is 0 Å². The molecule has 18 heavy (non-hydrogen) atoms. The van der Waals surface area contributed by atoms with E-state index in [4.69, 9.17) is 10.6 Å². The summed E-state index contributed by atoms with van der Waals surface area (Å²) in [4.78, 5) is 11.8. The quantitative estimate of drug-likeness (QED) is 0.487. The lowest BCUT2D eigenvalue weighted by molar-refractivity contribution is 0.0581. The van der Waals surface area contributed by atoms with E-state index in [9.17, 15) is 4.79 Å². The molecular weight excluding hydrogens is 248 g/mol. The Morgan fingerprint density at radius 2 is 2.00 bits per heavy atom. The summed E-state index contributed by atoms with van der Waals surface area (Å²) in [7, 11) is 0. The molecule has 0 aliphatic carbocycles. The molecule has 2 aromatic rings. The molecule has 2 N–H and O–H groups in total. The smallest absolute Gasteiger partial charge is 0.430 e. The molecule has 0 radical (unpaired) electrons. The Morgan fingerprint density at radius 1 is 1.33 bits per heavy atom. The number of fused-ring (bicyclic) bond motifs is 1. The van der Waals surface area contributed by atoms with E-state index in [0.29, 0.717) is 5.00 Å². The van der Waals surface area contributed by atoms with E-state index in [1.807, 2.05) is 51.1 Å². The highest BCUT2D eigenvalue weighted by molar-refractivity contribution is 7.22. The highest BCUT2D eigenvalue weighted by atomic mass is 32.1. The molecule has 0 fully saturated rings. The number of hydrogen-bond acceptors (Lipinski definition) is 4. The third kappa shape index (κ3) is 2.80. The van der Waals surface area contributed by atoms with Gasteiger partial charge in [-0.1, -0.05) is 18.2 Å². The second-order valence-corrected chi connectivity index (χ2v) is 6.04. The number of carbonyl (C=O) groups excluding carboxylic acids is 1. The lowest BCUT2D eigenvalue weighted by atomic mass is 10.2. The molecule has 1 aromatic heterocycles. The molecule has 0 spiro atoms. The number of hydrazine groups is 1. The number of benzene rings is 1. The van der Waals surface area contributed by atoms with Gasteiger partial charge < -0.3 is 4.74 Å². The fourth-order valence-electron chi connectivity index (χ4n) is 1.49. The van der Waals surface area contributed by atoms with Crippen molar-refractivity contribution in [1.29, 1.82) is 0 Å². The minimum Gasteiger partial charge on any atom is -0.442 e. The Hall–Kier alpha value is -1.59. The molecule has 2 rings (SSSR count). The second kappa shape index (κ2) is 4.59. The van der Waals surface area contributed by atoms with Crippen LogP contribution in [-0.4, -0.2) is 11.7 Å². The van der Waals surface area contributed by atoms with Gasteiger partial charge in [-0.3, -0.25) is 0 Å². The van der Waals surface area contributed by atoms with Gasteiger partial charge in [-0.25, -0.2) is 15.6 Å². The van der Waals surface area contributed by atoms with E-state index < -0.39 is 11.7 Å². The van der Waals surface area contributed by atoms with Crippen LogP contribution in [0.4, 0.5) is 9.80 Å². The van der Waals surface area contributed by atoms with Crippen molar-refractivity contribution in [3.05, 3.63) is 30.3 Å². The van der Waals surface area contributed by atoms with Gasteiger partial charge in [0.25, 0.3) is 0 Å². The molecule has 1 amide bonds. The molecule has 5 heteroatoms. The largest absolute Gasteiger partial charge is 0.442 e. The Kier molecular flexibility index (Phi) is 3.28. The zero-order valence-corrected chi connectivity index (χ0v) is 11.5. The average Bonchev–Trinajstić information content (AvgIpc) is 2.68. The molecule has 0 aliphatic heterocycles. The summed E-state index contributed by atoms with van der Waals surface area (Å²) in [5.41, 5.74) is -0.550. The number of rotatable bonds is 1. The van der Waals surface area contributed by atoms with Gasteiger partial charge in [-0.15, -0.1) is 11.3 Å². The number of nitrogens with zero attached hydrogens (tertiary/aromatic N) is 1. The molecule has 0 saturated heterocycles. The lowest BCUT2D eigenvalue weighted by Crippen LogP contribution is -2.41. The Balaban J connectivity index is 2.23. The van der Waals surface area contributed by atoms with Crippen LogP contribution in [0.1, 0.15) is 20.8 Å². The van der Waals surface area contributed by atoms with Crippen molar-refractivity contribution in [2.75, 3.05) is 5.01 Å². The van der Waals surface area contributed by atoms with Crippen molar-refractivity contribution in [3.63, 3.8) is 0 Å². The van der Waals surface area contributed by atoms with Gasteiger partial charge in [-0.05, 0) is 38.3 Å². The standard InChI is InChI=1S/C13H16N2O2S/c1-13(2,3)17-12(16)15(14)11-8-9-6-4-5-7-10(9)18-11/h4-8H,14H2,1-3H3. The number of thiophene rings is 1. The van der Waals surface area contributed by atoms with E-state index in [-0.39, 0.29) is 0 Å². The maximum atomic E-state index is 11.8. The van der Waals surface area contributed by atoms with Gasteiger partial charge in [0.05, 0.1) is 0 Å². The summed E-state index contributed by atoms with van der Waals surface area (Å²) in [5.74, 6) is 5.78. The number of carbonyl (C=O) groups is 1. The molecule has 0 unspecified atom stereocenters. The predicted octanol–water partition coefficient (Wildman–Crippen LogP) is 3.52. The van der Waals surface area contributed by atoms with Crippen LogP contribution in [0.15, 0.2) is 30.3 Å². The highest BCUT2D eigenvalue weighted by Gasteiger charge is 2.22. The molecule has 96 valence electrons. The highest BCUT2D eigenvalue weighted by Crippen LogP contribution is 2.31. The van der Waals surface area contributed by atoms with Crippen LogP contribution in [0.25, 0.3) is 10.1 Å². The molecule has 1 heterocycles. The minimum absolute atomic E-state index is 0.547. The first-order chi connectivity index (χ1) is 8.37. The van der Waals surface area contributed by atoms with Crippen LogP contribution in [0.2, 0.25) is 0 Å². The summed E-state index contributed by atoms with van der Waals surface area (Å²) in [5, 5.41) is 2.79. The maximum absolute atomic E-state index is 11.8. The van der Waals surface area contributed by atoms with Crippen molar-refractivity contribution in [1.82, 2.24) is 0 Å². The second-order valence-electron chi connectivity index (χ2n) is 4.97. The van der Waals surface area contributed by atoms with Gasteiger partial charge in [-0.2, -0.15) is 0 Å². The summed E-state index contributed by atoms with van der Waals surface area (Å²) in [6.07, 6.45) is -0.547. The molecule has 1 aromatic carbocycles. The van der Waals surface area contributed by atoms with Crippen LogP contribution in [0.5, 0.6) is 0 Å². The average molecular weight is 264 g/mol. The molecule has 0 aliphatic rings. The fraction of sp³-hybridized carbons (Fsp3) is 0.308.